The highest BCUT2D eigenvalue weighted by Crippen LogP contribution is 2.35. The summed E-state index contributed by atoms with van der Waals surface area (Å²) in [6.07, 6.45) is 0. The number of hydrogen-bond donors (Lipinski definition) is 1. The van der Waals surface area contributed by atoms with Crippen LogP contribution in [0.25, 0.3) is 11.1 Å². The van der Waals surface area contributed by atoms with Gasteiger partial charge >= 0.3 is 5.97 Å². The zero-order chi connectivity index (χ0) is 14.7. The Morgan fingerprint density at radius 1 is 1.00 bits per heavy atom. The second-order valence-electron chi connectivity index (χ2n) is 4.42. The van der Waals surface area contributed by atoms with Crippen molar-refractivity contribution in [1.29, 1.82) is 0 Å². The van der Waals surface area contributed by atoms with Crippen molar-refractivity contribution >= 4 is 5.97 Å². The summed E-state index contributed by atoms with van der Waals surface area (Å²) < 4.78 is 10.4. The van der Waals surface area contributed by atoms with Crippen LogP contribution in [0.4, 0.5) is 0 Å². The van der Waals surface area contributed by atoms with Gasteiger partial charge in [-0.2, -0.15) is 0 Å². The zero-order valence-corrected chi connectivity index (χ0v) is 11.6. The summed E-state index contributed by atoms with van der Waals surface area (Å²) in [6, 6.07) is 10.8. The molecule has 0 atom stereocenters. The first-order valence-corrected chi connectivity index (χ1v) is 6.13. The molecule has 0 aromatic heterocycles. The molecule has 2 rings (SSSR count). The maximum absolute atomic E-state index is 11.4. The number of benzene rings is 2. The van der Waals surface area contributed by atoms with Crippen LogP contribution in [0.2, 0.25) is 0 Å². The van der Waals surface area contributed by atoms with Gasteiger partial charge in [-0.3, -0.25) is 0 Å². The van der Waals surface area contributed by atoms with Crippen molar-refractivity contribution in [1.82, 2.24) is 0 Å². The third-order valence-corrected chi connectivity index (χ3v) is 3.12. The smallest absolute Gasteiger partial charge is 0.336 e. The van der Waals surface area contributed by atoms with Crippen molar-refractivity contribution < 1.29 is 19.4 Å². The number of ether oxygens (including phenoxy) is 2. The van der Waals surface area contributed by atoms with Gasteiger partial charge in [0.05, 0.1) is 19.8 Å². The van der Waals surface area contributed by atoms with E-state index >= 15 is 0 Å². The highest BCUT2D eigenvalue weighted by Gasteiger charge is 2.17. The molecule has 2 aromatic rings. The molecule has 0 fully saturated rings. The highest BCUT2D eigenvalue weighted by molar-refractivity contribution is 5.97. The number of aryl methyl sites for hydroxylation is 1. The van der Waals surface area contributed by atoms with Crippen molar-refractivity contribution in [2.75, 3.05) is 14.2 Å². The third-order valence-electron chi connectivity index (χ3n) is 3.12. The van der Waals surface area contributed by atoms with Gasteiger partial charge in [-0.05, 0) is 24.6 Å². The van der Waals surface area contributed by atoms with Crippen molar-refractivity contribution in [2.45, 2.75) is 6.92 Å². The van der Waals surface area contributed by atoms with Crippen LogP contribution in [0.15, 0.2) is 36.4 Å². The number of aromatic carboxylic acids is 1. The molecule has 104 valence electrons. The molecule has 0 radical (unpaired) electrons. The maximum Gasteiger partial charge on any atom is 0.336 e. The molecule has 0 aliphatic heterocycles. The lowest BCUT2D eigenvalue weighted by atomic mass is 9.98. The molecule has 1 N–H and O–H groups in total. The first kappa shape index (κ1) is 13.9. The van der Waals surface area contributed by atoms with Gasteiger partial charge in [-0.1, -0.05) is 29.8 Å². The first-order valence-electron chi connectivity index (χ1n) is 6.13. The minimum atomic E-state index is -0.999. The van der Waals surface area contributed by atoms with E-state index < -0.39 is 5.97 Å². The lowest BCUT2D eigenvalue weighted by Crippen LogP contribution is -2.02. The predicted octanol–water partition coefficient (Wildman–Crippen LogP) is 3.38. The monoisotopic (exact) mass is 272 g/mol. The van der Waals surface area contributed by atoms with Crippen LogP contribution in [-0.2, 0) is 0 Å². The van der Waals surface area contributed by atoms with E-state index in [0.717, 1.165) is 11.1 Å². The molecule has 0 saturated heterocycles. The molecular formula is C16H16O4. The molecule has 0 heterocycles. The number of carboxylic acid groups (broad SMARTS) is 1. The van der Waals surface area contributed by atoms with E-state index in [0.29, 0.717) is 17.1 Å². The van der Waals surface area contributed by atoms with Crippen LogP contribution in [0, 0.1) is 6.92 Å². The Morgan fingerprint density at radius 2 is 1.55 bits per heavy atom. The van der Waals surface area contributed by atoms with Gasteiger partial charge in [0.1, 0.15) is 0 Å². The molecule has 4 nitrogen and oxygen atoms in total. The van der Waals surface area contributed by atoms with Crippen molar-refractivity contribution in [2.24, 2.45) is 0 Å². The van der Waals surface area contributed by atoms with Gasteiger partial charge in [0, 0.05) is 5.56 Å². The molecule has 0 aliphatic rings. The number of methoxy groups -OCH3 is 2. The van der Waals surface area contributed by atoms with E-state index in [2.05, 4.69) is 0 Å². The van der Waals surface area contributed by atoms with Gasteiger partial charge in [0.25, 0.3) is 0 Å². The van der Waals surface area contributed by atoms with Crippen LogP contribution in [0.3, 0.4) is 0 Å². The second kappa shape index (κ2) is 5.65. The van der Waals surface area contributed by atoms with Crippen molar-refractivity contribution in [3.05, 3.63) is 47.5 Å². The molecule has 0 aliphatic carbocycles. The topological polar surface area (TPSA) is 55.8 Å². The van der Waals surface area contributed by atoms with Crippen molar-refractivity contribution in [3.63, 3.8) is 0 Å². The molecule has 0 unspecified atom stereocenters. The van der Waals surface area contributed by atoms with Crippen LogP contribution in [0.5, 0.6) is 11.5 Å². The van der Waals surface area contributed by atoms with Gasteiger partial charge in [0.15, 0.2) is 11.5 Å². The molecule has 2 aromatic carbocycles. The molecule has 0 saturated carbocycles. The lowest BCUT2D eigenvalue weighted by molar-refractivity contribution is 0.0697. The van der Waals surface area contributed by atoms with E-state index in [1.54, 1.807) is 6.07 Å². The normalized spacial score (nSPS) is 10.2. The average Bonchev–Trinajstić information content (AvgIpc) is 2.46. The quantitative estimate of drug-likeness (QED) is 0.927. The maximum atomic E-state index is 11.4. The molecule has 4 heteroatoms. The van der Waals surface area contributed by atoms with E-state index in [-0.39, 0.29) is 5.56 Å². The van der Waals surface area contributed by atoms with Gasteiger partial charge in [-0.25, -0.2) is 4.79 Å². The van der Waals surface area contributed by atoms with Crippen molar-refractivity contribution in [3.8, 4) is 22.6 Å². The number of carbonyl (C=O) groups is 1. The Balaban J connectivity index is 2.66. The average molecular weight is 272 g/mol. The Hall–Kier alpha value is -2.49. The lowest BCUT2D eigenvalue weighted by Gasteiger charge is -2.13. The third kappa shape index (κ3) is 2.59. The number of carboxylic acids is 1. The van der Waals surface area contributed by atoms with Crippen LogP contribution in [-0.4, -0.2) is 25.3 Å². The fourth-order valence-electron chi connectivity index (χ4n) is 2.03. The standard InChI is InChI=1S/C16H16O4/c1-10-4-6-11(7-5-10)12-8-14(19-2)15(20-3)9-13(12)16(17)18/h4-9H,1-3H3,(H,17,18). The Morgan fingerprint density at radius 3 is 2.05 bits per heavy atom. The largest absolute Gasteiger partial charge is 0.493 e. The Kier molecular flexibility index (Phi) is 3.94. The summed E-state index contributed by atoms with van der Waals surface area (Å²) in [5.74, 6) is -0.0876. The fraction of sp³-hybridized carbons (Fsp3) is 0.188. The van der Waals surface area contributed by atoms with E-state index in [4.69, 9.17) is 9.47 Å². The van der Waals surface area contributed by atoms with Crippen LogP contribution < -0.4 is 9.47 Å². The zero-order valence-electron chi connectivity index (χ0n) is 11.6. The van der Waals surface area contributed by atoms with Gasteiger partial charge in [0.2, 0.25) is 0 Å². The summed E-state index contributed by atoms with van der Waals surface area (Å²) in [4.78, 5) is 11.4. The van der Waals surface area contributed by atoms with E-state index in [1.807, 2.05) is 31.2 Å². The summed E-state index contributed by atoms with van der Waals surface area (Å²) in [5, 5.41) is 9.37. The second-order valence-corrected chi connectivity index (χ2v) is 4.42. The summed E-state index contributed by atoms with van der Waals surface area (Å²) in [7, 11) is 3.01. The number of hydrogen-bond acceptors (Lipinski definition) is 3. The molecular weight excluding hydrogens is 256 g/mol. The first-order chi connectivity index (χ1) is 9.56. The fourth-order valence-corrected chi connectivity index (χ4v) is 2.03. The number of rotatable bonds is 4. The summed E-state index contributed by atoms with van der Waals surface area (Å²) in [5.41, 5.74) is 2.74. The molecule has 0 spiro atoms. The van der Waals surface area contributed by atoms with E-state index in [1.165, 1.54) is 20.3 Å². The predicted molar refractivity (Wildman–Crippen MR) is 76.7 cm³/mol. The molecule has 0 bridgehead atoms. The summed E-state index contributed by atoms with van der Waals surface area (Å²) >= 11 is 0. The minimum Gasteiger partial charge on any atom is -0.493 e. The molecule has 0 amide bonds. The Labute approximate surface area is 117 Å². The summed E-state index contributed by atoms with van der Waals surface area (Å²) in [6.45, 7) is 1.98. The highest BCUT2D eigenvalue weighted by atomic mass is 16.5. The van der Waals surface area contributed by atoms with Gasteiger partial charge < -0.3 is 14.6 Å². The van der Waals surface area contributed by atoms with Crippen LogP contribution in [0.1, 0.15) is 15.9 Å². The minimum absolute atomic E-state index is 0.187. The SMILES string of the molecule is COc1cc(C(=O)O)c(-c2ccc(C)cc2)cc1OC. The van der Waals surface area contributed by atoms with Crippen LogP contribution >= 0.6 is 0 Å². The van der Waals surface area contributed by atoms with Gasteiger partial charge in [-0.15, -0.1) is 0 Å². The molecule has 20 heavy (non-hydrogen) atoms. The van der Waals surface area contributed by atoms with E-state index in [9.17, 15) is 9.90 Å². The Bertz CT molecular complexity index is 630.